The van der Waals surface area contributed by atoms with E-state index in [-0.39, 0.29) is 0 Å². The van der Waals surface area contributed by atoms with Gasteiger partial charge >= 0.3 is 0 Å². The second kappa shape index (κ2) is 4.88. The molecule has 0 N–H and O–H groups in total. The lowest BCUT2D eigenvalue weighted by molar-refractivity contribution is -0.107. The minimum absolute atomic E-state index is 0.479. The van der Waals surface area contributed by atoms with E-state index in [2.05, 4.69) is 15.9 Å². The highest BCUT2D eigenvalue weighted by molar-refractivity contribution is 9.10. The first kappa shape index (κ1) is 9.20. The number of halogens is 1. The molecule has 0 heterocycles. The van der Waals surface area contributed by atoms with Gasteiger partial charge in [0.2, 0.25) is 0 Å². The average molecular weight is 225 g/mol. The third kappa shape index (κ3) is 3.01. The molecule has 12 heavy (non-hydrogen) atoms. The molecule has 1 nitrogen and oxygen atoms in total. The van der Waals surface area contributed by atoms with E-state index in [4.69, 9.17) is 0 Å². The molecule has 62 valence electrons. The number of aldehydes is 1. The van der Waals surface area contributed by atoms with Crippen LogP contribution in [0, 0.1) is 0 Å². The Morgan fingerprint density at radius 2 is 2.25 bits per heavy atom. The molecule has 0 spiro atoms. The molecule has 0 amide bonds. The Balaban J connectivity index is 2.69. The average Bonchev–Trinajstić information content (AvgIpc) is 2.05. The summed E-state index contributed by atoms with van der Waals surface area (Å²) in [4.78, 5) is 10.0. The van der Waals surface area contributed by atoms with Gasteiger partial charge in [-0.15, -0.1) is 0 Å². The monoisotopic (exact) mass is 224 g/mol. The highest BCUT2D eigenvalue weighted by Gasteiger charge is 1.86. The Morgan fingerprint density at radius 1 is 1.42 bits per heavy atom. The summed E-state index contributed by atoms with van der Waals surface area (Å²) in [5.74, 6) is 0. The molecule has 0 aliphatic carbocycles. The number of carbonyl (C=O) groups is 1. The fourth-order valence-electron chi connectivity index (χ4n) is 0.870. The summed E-state index contributed by atoms with van der Waals surface area (Å²) in [6.45, 7) is 0. The Morgan fingerprint density at radius 3 is 2.92 bits per heavy atom. The molecule has 1 aromatic rings. The van der Waals surface area contributed by atoms with Crippen LogP contribution in [0.2, 0.25) is 0 Å². The van der Waals surface area contributed by atoms with Gasteiger partial charge in [0.1, 0.15) is 6.29 Å². The molecule has 0 aliphatic heterocycles. The van der Waals surface area contributed by atoms with Crippen LogP contribution in [-0.4, -0.2) is 6.29 Å². The van der Waals surface area contributed by atoms with Crippen LogP contribution in [0.4, 0.5) is 0 Å². The molecular weight excluding hydrogens is 216 g/mol. The number of carbonyl (C=O) groups excluding carboxylic acids is 1. The van der Waals surface area contributed by atoms with Gasteiger partial charge in [0.05, 0.1) is 0 Å². The molecule has 0 saturated heterocycles. The van der Waals surface area contributed by atoms with Gasteiger partial charge in [-0.25, -0.2) is 0 Å². The highest BCUT2D eigenvalue weighted by atomic mass is 79.9. The third-order valence-electron chi connectivity index (χ3n) is 1.39. The quantitative estimate of drug-likeness (QED) is 0.722. The Labute approximate surface area is 80.2 Å². The lowest BCUT2D eigenvalue weighted by Gasteiger charge is -1.92. The van der Waals surface area contributed by atoms with E-state index in [0.29, 0.717) is 6.42 Å². The Kier molecular flexibility index (Phi) is 3.74. The van der Waals surface area contributed by atoms with E-state index in [1.165, 1.54) is 0 Å². The molecule has 0 saturated carbocycles. The van der Waals surface area contributed by atoms with Crippen LogP contribution >= 0.6 is 15.9 Å². The molecule has 0 atom stereocenters. The fraction of sp³-hybridized carbons (Fsp3) is 0.100. The summed E-state index contributed by atoms with van der Waals surface area (Å²) in [5, 5.41) is 0. The van der Waals surface area contributed by atoms with E-state index in [0.717, 1.165) is 16.3 Å². The van der Waals surface area contributed by atoms with Crippen molar-refractivity contribution in [1.29, 1.82) is 0 Å². The van der Waals surface area contributed by atoms with Gasteiger partial charge in [-0.05, 0) is 17.7 Å². The first-order valence-electron chi connectivity index (χ1n) is 3.68. The third-order valence-corrected chi connectivity index (χ3v) is 1.88. The van der Waals surface area contributed by atoms with E-state index in [1.54, 1.807) is 0 Å². The summed E-state index contributed by atoms with van der Waals surface area (Å²) in [6.07, 6.45) is 5.13. The van der Waals surface area contributed by atoms with Crippen molar-refractivity contribution >= 4 is 28.3 Å². The Bertz CT molecular complexity index is 292. The molecule has 1 aromatic carbocycles. The summed E-state index contributed by atoms with van der Waals surface area (Å²) in [7, 11) is 0. The predicted molar refractivity (Wildman–Crippen MR) is 53.9 cm³/mol. The van der Waals surface area contributed by atoms with Gasteiger partial charge in [0.25, 0.3) is 0 Å². The normalized spacial score (nSPS) is 10.4. The van der Waals surface area contributed by atoms with Crippen molar-refractivity contribution in [3.8, 4) is 0 Å². The van der Waals surface area contributed by atoms with Gasteiger partial charge in [-0.3, -0.25) is 0 Å². The first-order valence-corrected chi connectivity index (χ1v) is 4.48. The molecule has 0 aromatic heterocycles. The van der Waals surface area contributed by atoms with Crippen LogP contribution in [0.25, 0.3) is 6.08 Å². The molecular formula is C10H9BrO. The maximum absolute atomic E-state index is 10.0. The van der Waals surface area contributed by atoms with E-state index in [9.17, 15) is 4.79 Å². The smallest absolute Gasteiger partial charge is 0.123 e. The maximum atomic E-state index is 10.0. The van der Waals surface area contributed by atoms with Crippen molar-refractivity contribution in [3.63, 3.8) is 0 Å². The minimum atomic E-state index is 0.479. The summed E-state index contributed by atoms with van der Waals surface area (Å²) in [5.41, 5.74) is 1.10. The predicted octanol–water partition coefficient (Wildman–Crippen LogP) is 3.05. The van der Waals surface area contributed by atoms with Crippen LogP contribution in [0.15, 0.2) is 34.8 Å². The van der Waals surface area contributed by atoms with E-state index in [1.807, 2.05) is 36.4 Å². The number of rotatable bonds is 3. The summed E-state index contributed by atoms with van der Waals surface area (Å²) >= 11 is 3.37. The number of benzene rings is 1. The van der Waals surface area contributed by atoms with Crippen molar-refractivity contribution in [1.82, 2.24) is 0 Å². The zero-order chi connectivity index (χ0) is 8.81. The Hall–Kier alpha value is -0.890. The van der Waals surface area contributed by atoms with Gasteiger partial charge in [0, 0.05) is 10.9 Å². The van der Waals surface area contributed by atoms with Crippen LogP contribution in [0.3, 0.4) is 0 Å². The number of hydrogen-bond acceptors (Lipinski definition) is 1. The molecule has 0 bridgehead atoms. The fourth-order valence-corrected chi connectivity index (χ4v) is 1.29. The number of allylic oxidation sites excluding steroid dienone is 1. The molecule has 1 rings (SSSR count). The van der Waals surface area contributed by atoms with Crippen LogP contribution in [-0.2, 0) is 4.79 Å². The molecule has 0 unspecified atom stereocenters. The van der Waals surface area contributed by atoms with Gasteiger partial charge < -0.3 is 4.79 Å². The largest absolute Gasteiger partial charge is 0.303 e. The molecule has 0 fully saturated rings. The topological polar surface area (TPSA) is 17.1 Å². The van der Waals surface area contributed by atoms with Crippen molar-refractivity contribution in [2.75, 3.05) is 0 Å². The second-order valence-corrected chi connectivity index (χ2v) is 3.28. The van der Waals surface area contributed by atoms with Crippen molar-refractivity contribution in [2.24, 2.45) is 0 Å². The zero-order valence-electron chi connectivity index (χ0n) is 6.53. The van der Waals surface area contributed by atoms with E-state index < -0.39 is 0 Å². The van der Waals surface area contributed by atoms with Crippen molar-refractivity contribution in [2.45, 2.75) is 6.42 Å². The van der Waals surface area contributed by atoms with Gasteiger partial charge in [-0.1, -0.05) is 40.2 Å². The first-order chi connectivity index (χ1) is 5.83. The second-order valence-electron chi connectivity index (χ2n) is 2.36. The van der Waals surface area contributed by atoms with Crippen LogP contribution in [0.1, 0.15) is 12.0 Å². The summed E-state index contributed by atoms with van der Waals surface area (Å²) < 4.78 is 1.05. The van der Waals surface area contributed by atoms with E-state index >= 15 is 0 Å². The maximum Gasteiger partial charge on any atom is 0.123 e. The molecule has 0 radical (unpaired) electrons. The van der Waals surface area contributed by atoms with Crippen molar-refractivity contribution in [3.05, 3.63) is 40.4 Å². The van der Waals surface area contributed by atoms with Gasteiger partial charge in [0.15, 0.2) is 0 Å². The molecule has 2 heteroatoms. The lowest BCUT2D eigenvalue weighted by Crippen LogP contribution is -1.71. The molecule has 0 aliphatic rings. The highest BCUT2D eigenvalue weighted by Crippen LogP contribution is 2.12. The van der Waals surface area contributed by atoms with Crippen LogP contribution in [0.5, 0.6) is 0 Å². The summed E-state index contributed by atoms with van der Waals surface area (Å²) in [6, 6.07) is 7.93. The zero-order valence-corrected chi connectivity index (χ0v) is 8.12. The standard InChI is InChI=1S/C10H9BrO/c11-10-6-3-5-9(8-10)4-1-2-7-12/h1,3-8H,2H2/b4-1-. The minimum Gasteiger partial charge on any atom is -0.303 e. The van der Waals surface area contributed by atoms with Crippen LogP contribution < -0.4 is 0 Å². The number of hydrogen-bond donors (Lipinski definition) is 0. The van der Waals surface area contributed by atoms with Gasteiger partial charge in [-0.2, -0.15) is 0 Å². The SMILES string of the molecule is O=CC/C=C\c1cccc(Br)c1. The lowest BCUT2D eigenvalue weighted by atomic mass is 10.2. The van der Waals surface area contributed by atoms with Crippen molar-refractivity contribution < 1.29 is 4.79 Å².